The van der Waals surface area contributed by atoms with Gasteiger partial charge >= 0.3 is 0 Å². The molecule has 100 valence electrons. The molecular formula is C14H19F2NO. The smallest absolute Gasteiger partial charge is 0.159 e. The maximum absolute atomic E-state index is 13.0. The second kappa shape index (κ2) is 6.25. The highest BCUT2D eigenvalue weighted by Gasteiger charge is 2.14. The molecule has 1 aliphatic rings. The Morgan fingerprint density at radius 2 is 1.83 bits per heavy atom. The van der Waals surface area contributed by atoms with Gasteiger partial charge in [-0.3, -0.25) is 0 Å². The first kappa shape index (κ1) is 13.4. The van der Waals surface area contributed by atoms with Gasteiger partial charge < -0.3 is 10.0 Å². The van der Waals surface area contributed by atoms with Crippen molar-refractivity contribution >= 4 is 0 Å². The zero-order valence-corrected chi connectivity index (χ0v) is 10.4. The number of rotatable bonds is 4. The summed E-state index contributed by atoms with van der Waals surface area (Å²) < 4.78 is 25.8. The van der Waals surface area contributed by atoms with Gasteiger partial charge in [-0.25, -0.2) is 8.78 Å². The third-order valence-electron chi connectivity index (χ3n) is 3.50. The molecule has 1 atom stereocenters. The first-order chi connectivity index (χ1) is 8.66. The number of piperidine rings is 1. The lowest BCUT2D eigenvalue weighted by Gasteiger charge is -2.27. The lowest BCUT2D eigenvalue weighted by molar-refractivity contribution is 0.133. The van der Waals surface area contributed by atoms with Crippen molar-refractivity contribution in [2.75, 3.05) is 19.6 Å². The van der Waals surface area contributed by atoms with E-state index in [-0.39, 0.29) is 0 Å². The lowest BCUT2D eigenvalue weighted by Crippen LogP contribution is -2.31. The molecule has 0 bridgehead atoms. The predicted octanol–water partition coefficient (Wildman–Crippen LogP) is 2.87. The zero-order chi connectivity index (χ0) is 13.0. The second-order valence-corrected chi connectivity index (χ2v) is 4.88. The van der Waals surface area contributed by atoms with E-state index in [1.807, 2.05) is 0 Å². The van der Waals surface area contributed by atoms with Gasteiger partial charge in [0.1, 0.15) is 0 Å². The molecule has 2 nitrogen and oxygen atoms in total. The number of halogens is 2. The summed E-state index contributed by atoms with van der Waals surface area (Å²) in [6.07, 6.45) is 3.54. The highest BCUT2D eigenvalue weighted by atomic mass is 19.2. The van der Waals surface area contributed by atoms with E-state index in [9.17, 15) is 13.9 Å². The molecule has 1 aromatic rings. The molecule has 1 saturated heterocycles. The largest absolute Gasteiger partial charge is 0.388 e. The fraction of sp³-hybridized carbons (Fsp3) is 0.571. The number of aliphatic hydroxyl groups excluding tert-OH is 1. The Balaban J connectivity index is 1.86. The van der Waals surface area contributed by atoms with E-state index in [1.54, 1.807) is 0 Å². The van der Waals surface area contributed by atoms with Crippen molar-refractivity contribution in [3.63, 3.8) is 0 Å². The van der Waals surface area contributed by atoms with Crippen molar-refractivity contribution in [2.45, 2.75) is 31.8 Å². The Kier molecular flexibility index (Phi) is 4.66. The molecule has 1 aromatic carbocycles. The van der Waals surface area contributed by atoms with Crippen LogP contribution in [0.4, 0.5) is 8.78 Å². The average Bonchev–Trinajstić information content (AvgIpc) is 2.40. The quantitative estimate of drug-likeness (QED) is 0.894. The van der Waals surface area contributed by atoms with Crippen LogP contribution in [-0.2, 0) is 0 Å². The van der Waals surface area contributed by atoms with Gasteiger partial charge in [-0.1, -0.05) is 12.5 Å². The Morgan fingerprint density at radius 1 is 1.11 bits per heavy atom. The molecule has 0 aromatic heterocycles. The zero-order valence-electron chi connectivity index (χ0n) is 10.4. The molecule has 1 unspecified atom stereocenters. The number of aliphatic hydroxyl groups is 1. The van der Waals surface area contributed by atoms with Gasteiger partial charge in [-0.05, 0) is 50.0 Å². The van der Waals surface area contributed by atoms with Crippen LogP contribution in [0.3, 0.4) is 0 Å². The Morgan fingerprint density at radius 3 is 2.50 bits per heavy atom. The van der Waals surface area contributed by atoms with E-state index in [0.29, 0.717) is 12.0 Å². The van der Waals surface area contributed by atoms with E-state index in [1.165, 1.54) is 25.3 Å². The molecule has 1 N–H and O–H groups in total. The first-order valence-corrected chi connectivity index (χ1v) is 6.52. The summed E-state index contributed by atoms with van der Waals surface area (Å²) in [6.45, 7) is 2.95. The van der Waals surface area contributed by atoms with E-state index >= 15 is 0 Å². The maximum atomic E-state index is 13.0. The summed E-state index contributed by atoms with van der Waals surface area (Å²) >= 11 is 0. The fourth-order valence-electron chi connectivity index (χ4n) is 2.37. The van der Waals surface area contributed by atoms with Gasteiger partial charge in [0.25, 0.3) is 0 Å². The van der Waals surface area contributed by atoms with Gasteiger partial charge in [-0.2, -0.15) is 0 Å². The summed E-state index contributed by atoms with van der Waals surface area (Å²) in [5, 5.41) is 9.95. The molecule has 0 saturated carbocycles. The summed E-state index contributed by atoms with van der Waals surface area (Å²) in [5.41, 5.74) is 0.450. The number of hydrogen-bond donors (Lipinski definition) is 1. The van der Waals surface area contributed by atoms with E-state index in [4.69, 9.17) is 0 Å². The lowest BCUT2D eigenvalue weighted by atomic mass is 10.0. The third-order valence-corrected chi connectivity index (χ3v) is 3.50. The second-order valence-electron chi connectivity index (χ2n) is 4.88. The SMILES string of the molecule is OC(CCN1CCCCC1)c1ccc(F)c(F)c1. The van der Waals surface area contributed by atoms with E-state index in [2.05, 4.69) is 4.90 Å². The Hall–Kier alpha value is -1.00. The van der Waals surface area contributed by atoms with E-state index in [0.717, 1.165) is 31.8 Å². The fourth-order valence-corrected chi connectivity index (χ4v) is 2.37. The minimum absolute atomic E-state index is 0.450. The van der Waals surface area contributed by atoms with Crippen molar-refractivity contribution in [2.24, 2.45) is 0 Å². The normalized spacial score (nSPS) is 18.8. The van der Waals surface area contributed by atoms with Crippen molar-refractivity contribution in [1.82, 2.24) is 4.90 Å². The van der Waals surface area contributed by atoms with Crippen LogP contribution in [0.15, 0.2) is 18.2 Å². The predicted molar refractivity (Wildman–Crippen MR) is 66.2 cm³/mol. The maximum Gasteiger partial charge on any atom is 0.159 e. The summed E-state index contributed by atoms with van der Waals surface area (Å²) in [4.78, 5) is 2.31. The number of likely N-dealkylation sites (tertiary alicyclic amines) is 1. The molecule has 1 heterocycles. The van der Waals surface area contributed by atoms with Crippen molar-refractivity contribution in [3.8, 4) is 0 Å². The highest BCUT2D eigenvalue weighted by molar-refractivity contribution is 5.19. The van der Waals surface area contributed by atoms with Crippen molar-refractivity contribution in [1.29, 1.82) is 0 Å². The highest BCUT2D eigenvalue weighted by Crippen LogP contribution is 2.20. The summed E-state index contributed by atoms with van der Waals surface area (Å²) in [6, 6.07) is 3.59. The van der Waals surface area contributed by atoms with Gasteiger partial charge in [0.15, 0.2) is 11.6 Å². The van der Waals surface area contributed by atoms with E-state index < -0.39 is 17.7 Å². The number of hydrogen-bond acceptors (Lipinski definition) is 2. The van der Waals surface area contributed by atoms with Gasteiger partial charge in [0, 0.05) is 6.54 Å². The van der Waals surface area contributed by atoms with Crippen LogP contribution in [0.5, 0.6) is 0 Å². The van der Waals surface area contributed by atoms with Crippen molar-refractivity contribution in [3.05, 3.63) is 35.4 Å². The van der Waals surface area contributed by atoms with Crippen LogP contribution in [0, 0.1) is 11.6 Å². The Labute approximate surface area is 106 Å². The van der Waals surface area contributed by atoms with Gasteiger partial charge in [0.05, 0.1) is 6.10 Å². The molecule has 0 aliphatic carbocycles. The monoisotopic (exact) mass is 255 g/mol. The molecule has 0 radical (unpaired) electrons. The van der Waals surface area contributed by atoms with Crippen molar-refractivity contribution < 1.29 is 13.9 Å². The molecule has 0 amide bonds. The number of nitrogens with zero attached hydrogens (tertiary/aromatic N) is 1. The van der Waals surface area contributed by atoms with Crippen LogP contribution < -0.4 is 0 Å². The minimum atomic E-state index is -0.899. The van der Waals surface area contributed by atoms with Crippen LogP contribution in [0.25, 0.3) is 0 Å². The first-order valence-electron chi connectivity index (χ1n) is 6.52. The molecular weight excluding hydrogens is 236 g/mol. The van der Waals surface area contributed by atoms with Crippen LogP contribution in [-0.4, -0.2) is 29.6 Å². The molecule has 1 fully saturated rings. The summed E-state index contributed by atoms with van der Waals surface area (Å²) in [7, 11) is 0. The van der Waals surface area contributed by atoms with Crippen LogP contribution in [0.1, 0.15) is 37.4 Å². The molecule has 18 heavy (non-hydrogen) atoms. The molecule has 2 rings (SSSR count). The number of benzene rings is 1. The average molecular weight is 255 g/mol. The molecule has 1 aliphatic heterocycles. The summed E-state index contributed by atoms with van der Waals surface area (Å²) in [5.74, 6) is -1.77. The topological polar surface area (TPSA) is 23.5 Å². The standard InChI is InChI=1S/C14H19F2NO/c15-12-5-4-11(10-13(12)16)14(18)6-9-17-7-2-1-3-8-17/h4-5,10,14,18H,1-3,6-9H2. The molecule has 4 heteroatoms. The minimum Gasteiger partial charge on any atom is -0.388 e. The van der Waals surface area contributed by atoms with Gasteiger partial charge in [0.2, 0.25) is 0 Å². The van der Waals surface area contributed by atoms with Crippen LogP contribution >= 0.6 is 0 Å². The Bertz CT molecular complexity index is 391. The molecule has 0 spiro atoms. The third kappa shape index (κ3) is 3.50. The van der Waals surface area contributed by atoms with Crippen LogP contribution in [0.2, 0.25) is 0 Å². The van der Waals surface area contributed by atoms with Gasteiger partial charge in [-0.15, -0.1) is 0 Å².